The number of aromatic nitrogens is 2. The molecule has 1 unspecified atom stereocenters. The molecular weight excluding hydrogens is 464 g/mol. The molecule has 0 spiro atoms. The van der Waals surface area contributed by atoms with Crippen LogP contribution < -0.4 is 10.9 Å². The van der Waals surface area contributed by atoms with Gasteiger partial charge in [0, 0.05) is 11.1 Å². The molecule has 8 nitrogen and oxygen atoms in total. The van der Waals surface area contributed by atoms with Gasteiger partial charge >= 0.3 is 6.09 Å². The van der Waals surface area contributed by atoms with Gasteiger partial charge in [-0.1, -0.05) is 30.3 Å². The van der Waals surface area contributed by atoms with Gasteiger partial charge in [0.15, 0.2) is 0 Å². The van der Waals surface area contributed by atoms with Gasteiger partial charge in [0.25, 0.3) is 5.56 Å². The van der Waals surface area contributed by atoms with Gasteiger partial charge in [-0.05, 0) is 68.8 Å². The lowest BCUT2D eigenvalue weighted by Crippen LogP contribution is -2.27. The first kappa shape index (κ1) is 24.2. The predicted octanol–water partition coefficient (Wildman–Crippen LogP) is 5.26. The van der Waals surface area contributed by atoms with E-state index in [4.69, 9.17) is 9.52 Å². The van der Waals surface area contributed by atoms with Crippen LogP contribution in [0.3, 0.4) is 0 Å². The summed E-state index contributed by atoms with van der Waals surface area (Å²) in [5.41, 5.74) is 0.387. The second-order valence-corrected chi connectivity index (χ2v) is 11.1. The molecule has 0 fully saturated rings. The number of anilines is 1. The van der Waals surface area contributed by atoms with Crippen molar-refractivity contribution in [3.05, 3.63) is 94.9 Å². The average Bonchev–Trinajstić information content (AvgIpc) is 2.80. The highest BCUT2D eigenvalue weighted by Crippen LogP contribution is 2.24. The summed E-state index contributed by atoms with van der Waals surface area (Å²) >= 11 is 0. The zero-order chi connectivity index (χ0) is 25.2. The smallest absolute Gasteiger partial charge is 0.412 e. The quantitative estimate of drug-likeness (QED) is 0.396. The van der Waals surface area contributed by atoms with Crippen molar-refractivity contribution in [3.63, 3.8) is 0 Å². The predicted molar refractivity (Wildman–Crippen MR) is 135 cm³/mol. The van der Waals surface area contributed by atoms with E-state index in [-0.39, 0.29) is 12.1 Å². The van der Waals surface area contributed by atoms with E-state index in [9.17, 15) is 13.8 Å². The molecule has 1 amide bonds. The Bertz CT molecular complexity index is 1560. The minimum atomic E-state index is -3.21. The Hall–Kier alpha value is -3.98. The minimum absolute atomic E-state index is 0.194. The third-order valence-corrected chi connectivity index (χ3v) is 6.99. The number of benzene rings is 3. The zero-order valence-electron chi connectivity index (χ0n) is 19.6. The molecule has 0 saturated heterocycles. The first-order valence-electron chi connectivity index (χ1n) is 11.0. The lowest BCUT2D eigenvalue weighted by atomic mass is 10.2. The van der Waals surface area contributed by atoms with Gasteiger partial charge in [-0.25, -0.2) is 18.5 Å². The largest absolute Gasteiger partial charge is 0.444 e. The molecule has 1 heterocycles. The molecule has 4 rings (SSSR count). The Morgan fingerprint density at radius 1 is 1.03 bits per heavy atom. The summed E-state index contributed by atoms with van der Waals surface area (Å²) in [6.45, 7) is 5.55. The van der Waals surface area contributed by atoms with Crippen molar-refractivity contribution in [1.29, 1.82) is 4.78 Å². The van der Waals surface area contributed by atoms with Crippen LogP contribution in [0.1, 0.15) is 26.3 Å². The van der Waals surface area contributed by atoms with Crippen LogP contribution in [0.4, 0.5) is 10.5 Å². The Morgan fingerprint density at radius 2 is 1.77 bits per heavy atom. The molecule has 0 bridgehead atoms. The Balaban J connectivity index is 1.59. The first-order valence-corrected chi connectivity index (χ1v) is 12.5. The van der Waals surface area contributed by atoms with Crippen LogP contribution in [0.15, 0.2) is 93.6 Å². The summed E-state index contributed by atoms with van der Waals surface area (Å²) in [6.07, 6.45) is 0.969. The standard InChI is InChI=1S/C26H26N4O4S/c1-26(2,3)34-25(32)29-20-9-7-8-18(14-20)17-30-24(31)23-13-12-22(15-19(23)16-28-30)35(27,33)21-10-5-4-6-11-21/h4-16,27H,17H2,1-3H3,(H,29,32). The number of carbonyl (C=O) groups excluding carboxylic acids is 1. The van der Waals surface area contributed by atoms with Crippen molar-refractivity contribution >= 4 is 32.3 Å². The van der Waals surface area contributed by atoms with Crippen molar-refractivity contribution in [3.8, 4) is 0 Å². The topological polar surface area (TPSA) is 114 Å². The van der Waals surface area contributed by atoms with Gasteiger partial charge in [0.2, 0.25) is 0 Å². The van der Waals surface area contributed by atoms with E-state index in [1.807, 2.05) is 6.07 Å². The summed E-state index contributed by atoms with van der Waals surface area (Å²) in [5, 5.41) is 7.89. The molecule has 0 radical (unpaired) electrons. The van der Waals surface area contributed by atoms with E-state index in [0.29, 0.717) is 26.3 Å². The number of nitrogens with zero attached hydrogens (tertiary/aromatic N) is 2. The number of rotatable bonds is 5. The molecule has 0 saturated carbocycles. The summed E-state index contributed by atoms with van der Waals surface area (Å²) < 4.78 is 28.2. The molecule has 2 N–H and O–H groups in total. The van der Waals surface area contributed by atoms with Crippen LogP contribution in [-0.4, -0.2) is 25.7 Å². The van der Waals surface area contributed by atoms with E-state index in [1.165, 1.54) is 10.9 Å². The fraction of sp³-hybridized carbons (Fsp3) is 0.192. The summed E-state index contributed by atoms with van der Waals surface area (Å²) in [5.74, 6) is 0. The van der Waals surface area contributed by atoms with Gasteiger partial charge in [0.1, 0.15) is 15.3 Å². The van der Waals surface area contributed by atoms with E-state index in [0.717, 1.165) is 5.56 Å². The number of hydrogen-bond donors (Lipinski definition) is 2. The van der Waals surface area contributed by atoms with Crippen LogP contribution in [0.5, 0.6) is 0 Å². The average molecular weight is 491 g/mol. The molecule has 4 aromatic rings. The fourth-order valence-corrected chi connectivity index (χ4v) is 4.91. The Morgan fingerprint density at radius 3 is 2.49 bits per heavy atom. The molecular formula is C26H26N4O4S. The van der Waals surface area contributed by atoms with E-state index in [2.05, 4.69) is 10.4 Å². The summed E-state index contributed by atoms with van der Waals surface area (Å²) in [6, 6.07) is 20.4. The first-order chi connectivity index (χ1) is 16.5. The highest BCUT2D eigenvalue weighted by atomic mass is 32.2. The zero-order valence-corrected chi connectivity index (χ0v) is 20.5. The van der Waals surface area contributed by atoms with Crippen LogP contribution in [0.25, 0.3) is 10.8 Å². The summed E-state index contributed by atoms with van der Waals surface area (Å²) in [7, 11) is -3.21. The minimum Gasteiger partial charge on any atom is -0.444 e. The monoisotopic (exact) mass is 490 g/mol. The van der Waals surface area contributed by atoms with Gasteiger partial charge in [-0.2, -0.15) is 5.10 Å². The van der Waals surface area contributed by atoms with Crippen molar-refractivity contribution in [2.24, 2.45) is 0 Å². The van der Waals surface area contributed by atoms with E-state index >= 15 is 0 Å². The molecule has 1 atom stereocenters. The molecule has 35 heavy (non-hydrogen) atoms. The number of nitrogens with one attached hydrogen (secondary N) is 2. The SMILES string of the molecule is CC(C)(C)OC(=O)Nc1cccc(Cn2ncc3cc(S(=N)(=O)c4ccccc4)ccc3c2=O)c1. The van der Waals surface area contributed by atoms with E-state index < -0.39 is 21.4 Å². The summed E-state index contributed by atoms with van der Waals surface area (Å²) in [4.78, 5) is 25.8. The Labute approximate surface area is 203 Å². The molecule has 0 aliphatic rings. The molecule has 0 aliphatic heterocycles. The lowest BCUT2D eigenvalue weighted by molar-refractivity contribution is 0.0636. The highest BCUT2D eigenvalue weighted by Gasteiger charge is 2.17. The van der Waals surface area contributed by atoms with Gasteiger partial charge < -0.3 is 4.74 Å². The molecule has 1 aromatic heterocycles. The van der Waals surface area contributed by atoms with Gasteiger partial charge in [-0.15, -0.1) is 0 Å². The third-order valence-electron chi connectivity index (χ3n) is 5.14. The maximum absolute atomic E-state index is 13.1. The number of carbonyl (C=O) groups is 1. The molecule has 9 heteroatoms. The number of amides is 1. The van der Waals surface area contributed by atoms with Crippen molar-refractivity contribution in [2.75, 3.05) is 5.32 Å². The van der Waals surface area contributed by atoms with Crippen LogP contribution >= 0.6 is 0 Å². The normalized spacial score (nSPS) is 13.2. The maximum atomic E-state index is 13.1. The number of ether oxygens (including phenoxy) is 1. The van der Waals surface area contributed by atoms with Crippen molar-refractivity contribution < 1.29 is 13.7 Å². The van der Waals surface area contributed by atoms with Crippen molar-refractivity contribution in [1.82, 2.24) is 9.78 Å². The molecule has 0 aliphatic carbocycles. The fourth-order valence-electron chi connectivity index (χ4n) is 3.55. The van der Waals surface area contributed by atoms with Crippen molar-refractivity contribution in [2.45, 2.75) is 42.7 Å². The van der Waals surface area contributed by atoms with Gasteiger partial charge in [0.05, 0.1) is 27.9 Å². The lowest BCUT2D eigenvalue weighted by Gasteiger charge is -2.19. The molecule has 3 aromatic carbocycles. The van der Waals surface area contributed by atoms with Crippen LogP contribution in [-0.2, 0) is 21.0 Å². The van der Waals surface area contributed by atoms with Crippen LogP contribution in [0, 0.1) is 4.78 Å². The maximum Gasteiger partial charge on any atom is 0.412 e. The van der Waals surface area contributed by atoms with E-state index in [1.54, 1.807) is 87.5 Å². The number of hydrogen-bond acceptors (Lipinski definition) is 6. The second-order valence-electron chi connectivity index (χ2n) is 9.05. The van der Waals surface area contributed by atoms with Crippen LogP contribution in [0.2, 0.25) is 0 Å². The highest BCUT2D eigenvalue weighted by molar-refractivity contribution is 7.92. The van der Waals surface area contributed by atoms with Gasteiger partial charge in [-0.3, -0.25) is 10.1 Å². The second kappa shape index (κ2) is 9.34. The Kier molecular flexibility index (Phi) is 6.45. The third kappa shape index (κ3) is 5.58. The molecule has 180 valence electrons. The number of fused-ring (bicyclic) bond motifs is 1.